The molecule has 22 heavy (non-hydrogen) atoms. The third-order valence-electron chi connectivity index (χ3n) is 5.27. The summed E-state index contributed by atoms with van der Waals surface area (Å²) in [5.74, 6) is -0.252. The fourth-order valence-electron chi connectivity index (χ4n) is 4.25. The average Bonchev–Trinajstić information content (AvgIpc) is 2.69. The van der Waals surface area contributed by atoms with Crippen LogP contribution < -0.4 is 0 Å². The summed E-state index contributed by atoms with van der Waals surface area (Å²) in [6.45, 7) is 8.19. The standard InChI is InChI=1S/C19H26FNO/c1-5-7-14(8-6-2)19(22)17-13(12-21)9-10-16(20)15(17)11-18(19,3)4/h9-10,14,22H,5-8,11H2,1-4H3. The molecule has 120 valence electrons. The highest BCUT2D eigenvalue weighted by molar-refractivity contribution is 5.52. The number of hydrogen-bond acceptors (Lipinski definition) is 2. The van der Waals surface area contributed by atoms with E-state index < -0.39 is 11.0 Å². The Kier molecular flexibility index (Phi) is 4.63. The van der Waals surface area contributed by atoms with Crippen molar-refractivity contribution < 1.29 is 9.50 Å². The number of benzene rings is 1. The molecule has 3 heteroatoms. The maximum atomic E-state index is 14.3. The van der Waals surface area contributed by atoms with Gasteiger partial charge in [-0.3, -0.25) is 0 Å². The van der Waals surface area contributed by atoms with E-state index in [0.717, 1.165) is 25.7 Å². The molecule has 2 nitrogen and oxygen atoms in total. The Balaban J connectivity index is 2.70. The summed E-state index contributed by atoms with van der Waals surface area (Å²) in [5, 5.41) is 21.2. The molecule has 0 aliphatic heterocycles. The Morgan fingerprint density at radius 3 is 2.36 bits per heavy atom. The molecule has 0 radical (unpaired) electrons. The van der Waals surface area contributed by atoms with Crippen LogP contribution in [-0.4, -0.2) is 5.11 Å². The lowest BCUT2D eigenvalue weighted by molar-refractivity contribution is -0.113. The van der Waals surface area contributed by atoms with Crippen molar-refractivity contribution in [3.63, 3.8) is 0 Å². The number of rotatable bonds is 5. The van der Waals surface area contributed by atoms with E-state index in [1.165, 1.54) is 12.1 Å². The van der Waals surface area contributed by atoms with Crippen LogP contribution in [0.4, 0.5) is 4.39 Å². The molecule has 0 saturated heterocycles. The van der Waals surface area contributed by atoms with Crippen molar-refractivity contribution in [1.82, 2.24) is 0 Å². The largest absolute Gasteiger partial charge is 0.384 e. The average molecular weight is 303 g/mol. The molecule has 1 aliphatic rings. The zero-order valence-corrected chi connectivity index (χ0v) is 14.0. The molecule has 1 N–H and O–H groups in total. The fourth-order valence-corrected chi connectivity index (χ4v) is 4.25. The van der Waals surface area contributed by atoms with Crippen LogP contribution in [0.2, 0.25) is 0 Å². The highest BCUT2D eigenvalue weighted by Crippen LogP contribution is 2.57. The number of hydrogen-bond donors (Lipinski definition) is 1. The zero-order valence-electron chi connectivity index (χ0n) is 14.0. The molecular formula is C19H26FNO. The number of aliphatic hydroxyl groups is 1. The van der Waals surface area contributed by atoms with Gasteiger partial charge in [-0.15, -0.1) is 0 Å². The molecule has 1 aliphatic carbocycles. The van der Waals surface area contributed by atoms with E-state index in [1.54, 1.807) is 0 Å². The van der Waals surface area contributed by atoms with Crippen LogP contribution >= 0.6 is 0 Å². The van der Waals surface area contributed by atoms with Gasteiger partial charge in [0.15, 0.2) is 0 Å². The maximum absolute atomic E-state index is 14.3. The summed E-state index contributed by atoms with van der Waals surface area (Å²) in [7, 11) is 0. The lowest BCUT2D eigenvalue weighted by Gasteiger charge is -2.44. The van der Waals surface area contributed by atoms with Gasteiger partial charge in [0.25, 0.3) is 0 Å². The second-order valence-corrected chi connectivity index (χ2v) is 7.16. The van der Waals surface area contributed by atoms with Crippen LogP contribution in [0.5, 0.6) is 0 Å². The topological polar surface area (TPSA) is 44.0 Å². The van der Waals surface area contributed by atoms with Crippen molar-refractivity contribution in [1.29, 1.82) is 5.26 Å². The van der Waals surface area contributed by atoms with Crippen LogP contribution in [0.15, 0.2) is 12.1 Å². The molecule has 1 unspecified atom stereocenters. The number of fused-ring (bicyclic) bond motifs is 1. The summed E-state index contributed by atoms with van der Waals surface area (Å²) in [6.07, 6.45) is 4.18. The zero-order chi connectivity index (χ0) is 16.5. The van der Waals surface area contributed by atoms with Gasteiger partial charge in [-0.25, -0.2) is 4.39 Å². The molecule has 0 bridgehead atoms. The summed E-state index contributed by atoms with van der Waals surface area (Å²) < 4.78 is 14.3. The number of nitriles is 1. The molecule has 1 aromatic rings. The first-order valence-electron chi connectivity index (χ1n) is 8.27. The summed E-state index contributed by atoms with van der Waals surface area (Å²) in [5.41, 5.74) is -0.114. The van der Waals surface area contributed by atoms with Crippen LogP contribution in [-0.2, 0) is 12.0 Å². The maximum Gasteiger partial charge on any atom is 0.126 e. The highest BCUT2D eigenvalue weighted by Gasteiger charge is 2.56. The van der Waals surface area contributed by atoms with Gasteiger partial charge >= 0.3 is 0 Å². The van der Waals surface area contributed by atoms with Crippen molar-refractivity contribution in [2.45, 2.75) is 65.4 Å². The normalized spacial score (nSPS) is 22.6. The molecule has 0 saturated carbocycles. The van der Waals surface area contributed by atoms with Crippen molar-refractivity contribution in [2.24, 2.45) is 11.3 Å². The third kappa shape index (κ3) is 2.34. The lowest BCUT2D eigenvalue weighted by atomic mass is 9.65. The molecule has 0 heterocycles. The first kappa shape index (κ1) is 17.0. The number of halogens is 1. The van der Waals surface area contributed by atoms with Gasteiger partial charge < -0.3 is 5.11 Å². The van der Waals surface area contributed by atoms with Gasteiger partial charge in [0, 0.05) is 11.0 Å². The highest BCUT2D eigenvalue weighted by atomic mass is 19.1. The minimum absolute atomic E-state index is 0.0487. The van der Waals surface area contributed by atoms with E-state index in [4.69, 9.17) is 0 Å². The summed E-state index contributed by atoms with van der Waals surface area (Å²) >= 11 is 0. The Bertz CT molecular complexity index is 596. The Hall–Kier alpha value is -1.40. The van der Waals surface area contributed by atoms with Crippen LogP contribution in [0.25, 0.3) is 0 Å². The fraction of sp³-hybridized carbons (Fsp3) is 0.632. The smallest absolute Gasteiger partial charge is 0.126 e. The molecule has 0 aromatic heterocycles. The molecule has 2 rings (SSSR count). The second-order valence-electron chi connectivity index (χ2n) is 7.16. The van der Waals surface area contributed by atoms with Gasteiger partial charge in [0.2, 0.25) is 0 Å². The van der Waals surface area contributed by atoms with E-state index in [1.807, 2.05) is 13.8 Å². The van der Waals surface area contributed by atoms with Crippen molar-refractivity contribution in [3.8, 4) is 6.07 Å². The van der Waals surface area contributed by atoms with E-state index in [0.29, 0.717) is 23.1 Å². The first-order valence-corrected chi connectivity index (χ1v) is 8.27. The predicted molar refractivity (Wildman–Crippen MR) is 85.8 cm³/mol. The molecule has 0 fully saturated rings. The first-order chi connectivity index (χ1) is 10.3. The van der Waals surface area contributed by atoms with E-state index >= 15 is 0 Å². The molecule has 1 atom stereocenters. The van der Waals surface area contributed by atoms with Gasteiger partial charge in [0.05, 0.1) is 17.2 Å². The molecule has 0 amide bonds. The van der Waals surface area contributed by atoms with Crippen LogP contribution in [0.1, 0.15) is 70.1 Å². The van der Waals surface area contributed by atoms with Crippen molar-refractivity contribution in [2.75, 3.05) is 0 Å². The minimum Gasteiger partial charge on any atom is -0.384 e. The molecule has 1 aromatic carbocycles. The van der Waals surface area contributed by atoms with Gasteiger partial charge in [-0.1, -0.05) is 40.5 Å². The lowest BCUT2D eigenvalue weighted by Crippen LogP contribution is -2.45. The van der Waals surface area contributed by atoms with Crippen LogP contribution in [0.3, 0.4) is 0 Å². The summed E-state index contributed by atoms with van der Waals surface area (Å²) in [4.78, 5) is 0. The SMILES string of the molecule is CCCC(CCC)C1(O)c2c(C#N)ccc(F)c2CC1(C)C. The van der Waals surface area contributed by atoms with Gasteiger partial charge in [-0.05, 0) is 42.9 Å². The minimum atomic E-state index is -1.14. The third-order valence-corrected chi connectivity index (χ3v) is 5.27. The van der Waals surface area contributed by atoms with Gasteiger partial charge in [-0.2, -0.15) is 5.26 Å². The molecular weight excluding hydrogens is 277 g/mol. The van der Waals surface area contributed by atoms with Gasteiger partial charge in [0.1, 0.15) is 5.82 Å². The Morgan fingerprint density at radius 1 is 1.27 bits per heavy atom. The monoisotopic (exact) mass is 303 g/mol. The molecule has 0 spiro atoms. The van der Waals surface area contributed by atoms with E-state index in [-0.39, 0.29) is 11.7 Å². The van der Waals surface area contributed by atoms with Crippen molar-refractivity contribution in [3.05, 3.63) is 34.6 Å². The Labute approximate surface area is 133 Å². The summed E-state index contributed by atoms with van der Waals surface area (Å²) in [6, 6.07) is 5.02. The van der Waals surface area contributed by atoms with E-state index in [2.05, 4.69) is 19.9 Å². The number of nitrogens with zero attached hydrogens (tertiary/aromatic N) is 1. The van der Waals surface area contributed by atoms with E-state index in [9.17, 15) is 14.8 Å². The quantitative estimate of drug-likeness (QED) is 0.858. The Morgan fingerprint density at radius 2 is 1.86 bits per heavy atom. The second kappa shape index (κ2) is 6.01. The predicted octanol–water partition coefficient (Wildman–Crippen LogP) is 4.68. The van der Waals surface area contributed by atoms with Crippen LogP contribution in [0, 0.1) is 28.5 Å². The van der Waals surface area contributed by atoms with Crippen molar-refractivity contribution >= 4 is 0 Å².